The van der Waals surface area contributed by atoms with E-state index in [1.165, 1.54) is 0 Å². The summed E-state index contributed by atoms with van der Waals surface area (Å²) in [5.74, 6) is 0. The topological polar surface area (TPSA) is 69.4 Å². The van der Waals surface area contributed by atoms with Crippen molar-refractivity contribution in [2.75, 3.05) is 5.32 Å². The Bertz CT molecular complexity index is 760. The molecular weight excluding hydrogens is 262 g/mol. The number of anilines is 1. The van der Waals surface area contributed by atoms with E-state index in [-0.39, 0.29) is 0 Å². The van der Waals surface area contributed by atoms with E-state index in [2.05, 4.69) is 21.6 Å². The molecule has 2 aromatic heterocycles. The lowest BCUT2D eigenvalue weighted by atomic mass is 10.1. The summed E-state index contributed by atoms with van der Waals surface area (Å²) < 4.78 is 1.83. The van der Waals surface area contributed by atoms with Gasteiger partial charge in [-0.15, -0.1) is 0 Å². The summed E-state index contributed by atoms with van der Waals surface area (Å²) in [7, 11) is 1.88. The Morgan fingerprint density at radius 1 is 1.29 bits per heavy atom. The van der Waals surface area contributed by atoms with Crippen molar-refractivity contribution in [1.82, 2.24) is 14.8 Å². The molecule has 3 aromatic rings. The number of nitrogens with one attached hydrogen (secondary N) is 2. The average molecular weight is 277 g/mol. The van der Waals surface area contributed by atoms with E-state index in [0.29, 0.717) is 12.2 Å². The second-order valence-corrected chi connectivity index (χ2v) is 4.86. The van der Waals surface area contributed by atoms with Crippen molar-refractivity contribution in [2.24, 2.45) is 7.05 Å². The minimum absolute atomic E-state index is 0.668. The molecule has 0 radical (unpaired) electrons. The molecule has 0 spiro atoms. The molecule has 0 fully saturated rings. The number of rotatable bonds is 4. The van der Waals surface area contributed by atoms with Gasteiger partial charge in [0.25, 0.3) is 0 Å². The maximum atomic E-state index is 8.94. The van der Waals surface area contributed by atoms with E-state index in [0.717, 1.165) is 22.5 Å². The fourth-order valence-electron chi connectivity index (χ4n) is 2.23. The van der Waals surface area contributed by atoms with Crippen LogP contribution in [0.1, 0.15) is 11.3 Å². The van der Waals surface area contributed by atoms with Crippen LogP contribution in [0, 0.1) is 11.3 Å². The van der Waals surface area contributed by atoms with E-state index in [4.69, 9.17) is 5.26 Å². The van der Waals surface area contributed by atoms with E-state index in [1.54, 1.807) is 6.20 Å². The molecule has 3 rings (SSSR count). The standard InChI is InChI=1S/C16H15N5/c1-21-11-12(8-15(21)9-17)10-18-14-4-2-13(3-5-14)16-6-7-19-20-16/h2-8,11,18H,10H2,1H3,(H,19,20). The number of nitrogens with zero attached hydrogens (tertiary/aromatic N) is 3. The lowest BCUT2D eigenvalue weighted by molar-refractivity contribution is 0.902. The quantitative estimate of drug-likeness (QED) is 0.770. The first-order valence-corrected chi connectivity index (χ1v) is 6.65. The van der Waals surface area contributed by atoms with Gasteiger partial charge in [0.05, 0.1) is 5.69 Å². The maximum absolute atomic E-state index is 8.94. The lowest BCUT2D eigenvalue weighted by Crippen LogP contribution is -1.98. The largest absolute Gasteiger partial charge is 0.381 e. The molecule has 0 aliphatic rings. The molecule has 0 atom stereocenters. The number of benzene rings is 1. The molecule has 104 valence electrons. The van der Waals surface area contributed by atoms with Crippen LogP contribution in [0.2, 0.25) is 0 Å². The zero-order valence-corrected chi connectivity index (χ0v) is 11.7. The predicted molar refractivity (Wildman–Crippen MR) is 81.5 cm³/mol. The third-order valence-corrected chi connectivity index (χ3v) is 3.37. The fraction of sp³-hybridized carbons (Fsp3) is 0.125. The summed E-state index contributed by atoms with van der Waals surface area (Å²) >= 11 is 0. The SMILES string of the molecule is Cn1cc(CNc2ccc(-c3ccn[nH]3)cc2)cc1C#N. The summed E-state index contributed by atoms with van der Waals surface area (Å²) in [6.07, 6.45) is 3.70. The van der Waals surface area contributed by atoms with Crippen LogP contribution in [0.25, 0.3) is 11.3 Å². The zero-order chi connectivity index (χ0) is 14.7. The molecule has 2 N–H and O–H groups in total. The van der Waals surface area contributed by atoms with Crippen molar-refractivity contribution in [3.8, 4) is 17.3 Å². The Morgan fingerprint density at radius 3 is 2.71 bits per heavy atom. The van der Waals surface area contributed by atoms with E-state index >= 15 is 0 Å². The number of aromatic amines is 1. The first kappa shape index (κ1) is 13.0. The van der Waals surface area contributed by atoms with Gasteiger partial charge in [-0.25, -0.2) is 0 Å². The van der Waals surface area contributed by atoms with Gasteiger partial charge in [-0.1, -0.05) is 12.1 Å². The Morgan fingerprint density at radius 2 is 2.10 bits per heavy atom. The molecule has 5 heteroatoms. The van der Waals surface area contributed by atoms with Gasteiger partial charge in [0.2, 0.25) is 0 Å². The number of hydrogen-bond acceptors (Lipinski definition) is 3. The second-order valence-electron chi connectivity index (χ2n) is 4.86. The van der Waals surface area contributed by atoms with Crippen LogP contribution in [-0.2, 0) is 13.6 Å². The van der Waals surface area contributed by atoms with Crippen LogP contribution in [-0.4, -0.2) is 14.8 Å². The molecule has 5 nitrogen and oxygen atoms in total. The van der Waals surface area contributed by atoms with Crippen molar-refractivity contribution >= 4 is 5.69 Å². The third-order valence-electron chi connectivity index (χ3n) is 3.37. The van der Waals surface area contributed by atoms with E-state index < -0.39 is 0 Å². The molecule has 0 unspecified atom stereocenters. The molecule has 1 aromatic carbocycles. The van der Waals surface area contributed by atoms with Gasteiger partial charge in [0, 0.05) is 31.7 Å². The van der Waals surface area contributed by atoms with Crippen LogP contribution < -0.4 is 5.32 Å². The molecule has 0 saturated carbocycles. The molecule has 0 amide bonds. The second kappa shape index (κ2) is 5.55. The molecule has 21 heavy (non-hydrogen) atoms. The summed E-state index contributed by atoms with van der Waals surface area (Å²) in [5, 5.41) is 19.2. The zero-order valence-electron chi connectivity index (χ0n) is 11.7. The minimum atomic E-state index is 0.668. The summed E-state index contributed by atoms with van der Waals surface area (Å²) in [6, 6.07) is 14.1. The summed E-state index contributed by atoms with van der Waals surface area (Å²) in [6.45, 7) is 0.693. The first-order valence-electron chi connectivity index (χ1n) is 6.65. The predicted octanol–water partition coefficient (Wildman–Crippen LogP) is 2.90. The number of hydrogen-bond donors (Lipinski definition) is 2. The van der Waals surface area contributed by atoms with Crippen molar-refractivity contribution < 1.29 is 0 Å². The Balaban J connectivity index is 1.67. The monoisotopic (exact) mass is 277 g/mol. The van der Waals surface area contributed by atoms with Gasteiger partial charge in [-0.2, -0.15) is 10.4 Å². The van der Waals surface area contributed by atoms with Gasteiger partial charge in [0.1, 0.15) is 11.8 Å². The molecule has 0 bridgehead atoms. The van der Waals surface area contributed by atoms with Crippen molar-refractivity contribution in [3.05, 3.63) is 60.0 Å². The maximum Gasteiger partial charge on any atom is 0.120 e. The highest BCUT2D eigenvalue weighted by Crippen LogP contribution is 2.19. The van der Waals surface area contributed by atoms with Gasteiger partial charge in [-0.3, -0.25) is 5.10 Å². The van der Waals surface area contributed by atoms with Gasteiger partial charge in [-0.05, 0) is 35.4 Å². The number of aromatic nitrogens is 3. The summed E-state index contributed by atoms with van der Waals surface area (Å²) in [5.41, 5.74) is 4.90. The Kier molecular flexibility index (Phi) is 3.44. The Labute approximate surface area is 122 Å². The third kappa shape index (κ3) is 2.79. The van der Waals surface area contributed by atoms with Gasteiger partial charge < -0.3 is 9.88 Å². The molecule has 0 aliphatic carbocycles. The van der Waals surface area contributed by atoms with E-state index in [9.17, 15) is 0 Å². The number of nitriles is 1. The van der Waals surface area contributed by atoms with Gasteiger partial charge in [0.15, 0.2) is 0 Å². The van der Waals surface area contributed by atoms with Crippen LogP contribution >= 0.6 is 0 Å². The molecular formula is C16H15N5. The highest BCUT2D eigenvalue weighted by molar-refractivity contribution is 5.62. The van der Waals surface area contributed by atoms with Crippen LogP contribution in [0.4, 0.5) is 5.69 Å². The highest BCUT2D eigenvalue weighted by Gasteiger charge is 2.03. The minimum Gasteiger partial charge on any atom is -0.381 e. The van der Waals surface area contributed by atoms with Crippen LogP contribution in [0.15, 0.2) is 48.8 Å². The lowest BCUT2D eigenvalue weighted by Gasteiger charge is -2.06. The van der Waals surface area contributed by atoms with Crippen molar-refractivity contribution in [2.45, 2.75) is 6.54 Å². The highest BCUT2D eigenvalue weighted by atomic mass is 15.1. The molecule has 2 heterocycles. The van der Waals surface area contributed by atoms with Crippen LogP contribution in [0.3, 0.4) is 0 Å². The van der Waals surface area contributed by atoms with E-state index in [1.807, 2.05) is 54.2 Å². The molecule has 0 aliphatic heterocycles. The van der Waals surface area contributed by atoms with Crippen molar-refractivity contribution in [1.29, 1.82) is 5.26 Å². The molecule has 0 saturated heterocycles. The smallest absolute Gasteiger partial charge is 0.120 e. The van der Waals surface area contributed by atoms with Crippen molar-refractivity contribution in [3.63, 3.8) is 0 Å². The fourth-order valence-corrected chi connectivity index (χ4v) is 2.23. The summed E-state index contributed by atoms with van der Waals surface area (Å²) in [4.78, 5) is 0. The van der Waals surface area contributed by atoms with Crippen LogP contribution in [0.5, 0.6) is 0 Å². The first-order chi connectivity index (χ1) is 10.3. The number of aryl methyl sites for hydroxylation is 1. The average Bonchev–Trinajstić information content (AvgIpc) is 3.15. The Hall–Kier alpha value is -3.00. The number of H-pyrrole nitrogens is 1. The van der Waals surface area contributed by atoms with Gasteiger partial charge >= 0.3 is 0 Å². The normalized spacial score (nSPS) is 10.3.